The number of thioether (sulfide) groups is 1. The van der Waals surface area contributed by atoms with E-state index in [1.54, 1.807) is 42.1 Å². The first-order chi connectivity index (χ1) is 20.3. The van der Waals surface area contributed by atoms with Gasteiger partial charge in [-0.2, -0.15) is 0 Å². The zero-order valence-corrected chi connectivity index (χ0v) is 23.9. The van der Waals surface area contributed by atoms with Crippen LogP contribution in [0.5, 0.6) is 0 Å². The monoisotopic (exact) mass is 593 g/mol. The van der Waals surface area contributed by atoms with E-state index in [4.69, 9.17) is 19.7 Å². The van der Waals surface area contributed by atoms with Gasteiger partial charge in [0.2, 0.25) is 5.91 Å². The second-order valence-electron chi connectivity index (χ2n) is 10.1. The molecule has 1 heterocycles. The van der Waals surface area contributed by atoms with E-state index in [2.05, 4.69) is 5.32 Å². The third-order valence-electron chi connectivity index (χ3n) is 6.89. The fourth-order valence-electron chi connectivity index (χ4n) is 4.63. The predicted octanol–water partition coefficient (Wildman–Crippen LogP) is 6.19. The van der Waals surface area contributed by atoms with Gasteiger partial charge in [0, 0.05) is 41.2 Å². The van der Waals surface area contributed by atoms with Gasteiger partial charge in [-0.05, 0) is 60.4 Å². The molecule has 10 heteroatoms. The van der Waals surface area contributed by atoms with Crippen LogP contribution in [-0.2, 0) is 25.7 Å². The standard InChI is InChI=1S/C32H35NO8S/c34-19-21-9-11-22(12-10-21)28-18-26(20-42-27-15-13-23(14-16-27)31(38)39)40-32(41-28)24-5-4-6-25(17-24)33-29(35)7-2-1-3-8-30(36)37/h4-6,9-17,26,28,32,34H,1-3,7-8,18-20H2,(H,33,35)(H,36,37)(H,38,39)/t26-,28+,32+/m0/s1. The molecule has 0 radical (unpaired) electrons. The number of carbonyl (C=O) groups is 3. The number of unbranched alkanes of at least 4 members (excludes halogenated alkanes) is 2. The SMILES string of the molecule is O=C(O)CCCCCC(=O)Nc1cccc([C@@H]2O[C@H](CSc3ccc(C(=O)O)cc3)C[C@H](c3ccc(CO)cc3)O2)c1. The summed E-state index contributed by atoms with van der Waals surface area (Å²) in [6.45, 7) is -0.0433. The number of aromatic carboxylic acids is 1. The number of hydrogen-bond acceptors (Lipinski definition) is 7. The summed E-state index contributed by atoms with van der Waals surface area (Å²) in [7, 11) is 0. The minimum absolute atomic E-state index is 0.0433. The lowest BCUT2D eigenvalue weighted by atomic mass is 10.0. The number of ether oxygens (including phenoxy) is 2. The van der Waals surface area contributed by atoms with Crippen LogP contribution in [0.15, 0.2) is 77.7 Å². The van der Waals surface area contributed by atoms with E-state index in [1.165, 1.54) is 0 Å². The summed E-state index contributed by atoms with van der Waals surface area (Å²) in [6.07, 6.45) is 1.72. The highest BCUT2D eigenvalue weighted by molar-refractivity contribution is 7.99. The molecule has 0 aliphatic carbocycles. The molecule has 0 aromatic heterocycles. The van der Waals surface area contributed by atoms with E-state index >= 15 is 0 Å². The maximum Gasteiger partial charge on any atom is 0.335 e. The van der Waals surface area contributed by atoms with E-state index < -0.39 is 18.2 Å². The average molecular weight is 594 g/mol. The Morgan fingerprint density at radius 1 is 0.857 bits per heavy atom. The first-order valence-corrected chi connectivity index (χ1v) is 14.9. The quantitative estimate of drug-likeness (QED) is 0.127. The van der Waals surface area contributed by atoms with Crippen LogP contribution in [0.1, 0.15) is 78.0 Å². The predicted molar refractivity (Wildman–Crippen MR) is 158 cm³/mol. The number of carboxylic acids is 2. The Morgan fingerprint density at radius 2 is 1.60 bits per heavy atom. The van der Waals surface area contributed by atoms with E-state index in [0.717, 1.165) is 21.6 Å². The van der Waals surface area contributed by atoms with Crippen molar-refractivity contribution < 1.29 is 39.2 Å². The molecule has 0 bridgehead atoms. The maximum atomic E-state index is 12.5. The number of carbonyl (C=O) groups excluding carboxylic acids is 1. The Bertz CT molecular complexity index is 1350. The van der Waals surface area contributed by atoms with Crippen LogP contribution in [0, 0.1) is 0 Å². The van der Waals surface area contributed by atoms with Crippen molar-refractivity contribution in [2.45, 2.75) is 68.5 Å². The van der Waals surface area contributed by atoms with Crippen molar-refractivity contribution in [3.8, 4) is 0 Å². The zero-order valence-electron chi connectivity index (χ0n) is 23.1. The van der Waals surface area contributed by atoms with Gasteiger partial charge < -0.3 is 30.1 Å². The number of aliphatic carboxylic acids is 1. The minimum atomic E-state index is -0.966. The van der Waals surface area contributed by atoms with Crippen LogP contribution < -0.4 is 5.32 Å². The fraction of sp³-hybridized carbons (Fsp3) is 0.344. The zero-order chi connectivity index (χ0) is 29.9. The summed E-state index contributed by atoms with van der Waals surface area (Å²) in [5.74, 6) is -1.32. The number of benzene rings is 3. The lowest BCUT2D eigenvalue weighted by Gasteiger charge is -2.36. The summed E-state index contributed by atoms with van der Waals surface area (Å²) in [4.78, 5) is 35.2. The van der Waals surface area contributed by atoms with Gasteiger partial charge >= 0.3 is 11.9 Å². The Morgan fingerprint density at radius 3 is 2.29 bits per heavy atom. The maximum absolute atomic E-state index is 12.5. The molecule has 0 spiro atoms. The van der Waals surface area contributed by atoms with Crippen molar-refractivity contribution in [2.75, 3.05) is 11.1 Å². The number of aliphatic hydroxyl groups excluding tert-OH is 1. The first kappa shape index (κ1) is 31.2. The third kappa shape index (κ3) is 9.42. The molecule has 9 nitrogen and oxygen atoms in total. The van der Waals surface area contributed by atoms with Gasteiger partial charge in [0.25, 0.3) is 0 Å². The van der Waals surface area contributed by atoms with Crippen LogP contribution >= 0.6 is 11.8 Å². The van der Waals surface area contributed by atoms with Gasteiger partial charge in [0.15, 0.2) is 6.29 Å². The van der Waals surface area contributed by atoms with Crippen molar-refractivity contribution in [1.82, 2.24) is 0 Å². The number of anilines is 1. The summed E-state index contributed by atoms with van der Waals surface area (Å²) >= 11 is 1.58. The molecule has 0 saturated carbocycles. The van der Waals surface area contributed by atoms with Crippen molar-refractivity contribution in [3.05, 3.63) is 95.1 Å². The van der Waals surface area contributed by atoms with Gasteiger partial charge in [-0.15, -0.1) is 11.8 Å². The molecule has 3 atom stereocenters. The van der Waals surface area contributed by atoms with E-state index in [0.29, 0.717) is 43.5 Å². The highest BCUT2D eigenvalue weighted by atomic mass is 32.2. The molecular formula is C32H35NO8S. The Labute approximate surface area is 248 Å². The average Bonchev–Trinajstić information content (AvgIpc) is 3.00. The van der Waals surface area contributed by atoms with E-state index in [9.17, 15) is 19.5 Å². The second kappa shape index (κ2) is 15.5. The minimum Gasteiger partial charge on any atom is -0.481 e. The van der Waals surface area contributed by atoms with Gasteiger partial charge in [0.05, 0.1) is 24.4 Å². The molecule has 1 amide bonds. The molecule has 1 aliphatic heterocycles. The van der Waals surface area contributed by atoms with Crippen molar-refractivity contribution in [3.63, 3.8) is 0 Å². The highest BCUT2D eigenvalue weighted by Gasteiger charge is 2.32. The normalized spacial score (nSPS) is 18.4. The Kier molecular flexibility index (Phi) is 11.5. The number of hydrogen-bond donors (Lipinski definition) is 4. The molecular weight excluding hydrogens is 558 g/mol. The number of aliphatic hydroxyl groups is 1. The molecule has 3 aromatic carbocycles. The molecule has 1 aliphatic rings. The molecule has 4 N–H and O–H groups in total. The lowest BCUT2D eigenvalue weighted by Crippen LogP contribution is -2.31. The molecule has 1 fully saturated rings. The Balaban J connectivity index is 1.43. The Hall–Kier alpha value is -3.70. The van der Waals surface area contributed by atoms with Gasteiger partial charge in [-0.25, -0.2) is 4.79 Å². The van der Waals surface area contributed by atoms with E-state index in [-0.39, 0.29) is 36.7 Å². The molecule has 0 unspecified atom stereocenters. The van der Waals surface area contributed by atoms with Crippen LogP contribution in [0.25, 0.3) is 0 Å². The number of rotatable bonds is 14. The summed E-state index contributed by atoms with van der Waals surface area (Å²) in [5.41, 5.74) is 3.39. The third-order valence-corrected chi connectivity index (χ3v) is 8.03. The molecule has 42 heavy (non-hydrogen) atoms. The van der Waals surface area contributed by atoms with Crippen molar-refractivity contribution in [2.24, 2.45) is 0 Å². The van der Waals surface area contributed by atoms with Crippen LogP contribution in [0.2, 0.25) is 0 Å². The lowest BCUT2D eigenvalue weighted by molar-refractivity contribution is -0.245. The molecule has 222 valence electrons. The second-order valence-corrected chi connectivity index (χ2v) is 11.2. The largest absolute Gasteiger partial charge is 0.481 e. The van der Waals surface area contributed by atoms with Gasteiger partial charge in [-0.3, -0.25) is 9.59 Å². The molecule has 1 saturated heterocycles. The van der Waals surface area contributed by atoms with Crippen LogP contribution in [0.4, 0.5) is 5.69 Å². The summed E-state index contributed by atoms with van der Waals surface area (Å²) < 4.78 is 12.8. The van der Waals surface area contributed by atoms with Crippen molar-refractivity contribution in [1.29, 1.82) is 0 Å². The molecule has 4 rings (SSSR count). The van der Waals surface area contributed by atoms with Gasteiger partial charge in [-0.1, -0.05) is 42.8 Å². The fourth-order valence-corrected chi connectivity index (χ4v) is 5.55. The summed E-state index contributed by atoms with van der Waals surface area (Å²) in [5, 5.41) is 30.3. The number of carboxylic acid groups (broad SMARTS) is 2. The first-order valence-electron chi connectivity index (χ1n) is 13.9. The van der Waals surface area contributed by atoms with Crippen molar-refractivity contribution >= 4 is 35.3 Å². The number of amides is 1. The smallest absolute Gasteiger partial charge is 0.335 e. The van der Waals surface area contributed by atoms with Crippen LogP contribution in [-0.4, -0.2) is 45.0 Å². The topological polar surface area (TPSA) is 142 Å². The van der Waals surface area contributed by atoms with Crippen LogP contribution in [0.3, 0.4) is 0 Å². The highest BCUT2D eigenvalue weighted by Crippen LogP contribution is 2.40. The number of nitrogens with one attached hydrogen (secondary N) is 1. The van der Waals surface area contributed by atoms with E-state index in [1.807, 2.05) is 42.5 Å². The van der Waals surface area contributed by atoms with Gasteiger partial charge in [0.1, 0.15) is 0 Å². The summed E-state index contributed by atoms with van der Waals surface area (Å²) in [6, 6.07) is 21.7. The molecule has 3 aromatic rings.